The molecule has 2 N–H and O–H groups in total. The summed E-state index contributed by atoms with van der Waals surface area (Å²) in [5, 5.41) is 5.75. The maximum absolute atomic E-state index is 12.4. The average Bonchev–Trinajstić information content (AvgIpc) is 2.75. The molecule has 1 heterocycles. The zero-order valence-electron chi connectivity index (χ0n) is 14.3. The maximum Gasteiger partial charge on any atom is 0.237 e. The fourth-order valence-corrected chi connectivity index (χ4v) is 3.05. The summed E-state index contributed by atoms with van der Waals surface area (Å²) in [7, 11) is 0. The van der Waals surface area contributed by atoms with Crippen molar-refractivity contribution in [1.82, 2.24) is 15.5 Å². The zero-order valence-corrected chi connectivity index (χ0v) is 14.3. The molecule has 1 fully saturated rings. The van der Waals surface area contributed by atoms with Gasteiger partial charge >= 0.3 is 0 Å². The van der Waals surface area contributed by atoms with E-state index in [0.29, 0.717) is 25.2 Å². The lowest BCUT2D eigenvalue weighted by Gasteiger charge is -2.32. The molecule has 1 aliphatic heterocycles. The standard InChI is InChI=1S/C16H31N3O2/c1-7-17-15(21)16(5,6)10-18-14(20)13(4)19-11(2)8-9-12(19)3/h11-13H,7-10H2,1-6H3,(H,17,21)(H,18,20). The Labute approximate surface area is 128 Å². The number of nitrogens with zero attached hydrogens (tertiary/aromatic N) is 1. The Morgan fingerprint density at radius 3 is 2.19 bits per heavy atom. The second kappa shape index (κ2) is 7.25. The smallest absolute Gasteiger partial charge is 0.237 e. The van der Waals surface area contributed by atoms with Crippen LogP contribution in [0.4, 0.5) is 0 Å². The zero-order chi connectivity index (χ0) is 16.2. The predicted octanol–water partition coefficient (Wildman–Crippen LogP) is 1.53. The van der Waals surface area contributed by atoms with Crippen LogP contribution in [0.2, 0.25) is 0 Å². The van der Waals surface area contributed by atoms with Gasteiger partial charge in [-0.3, -0.25) is 14.5 Å². The second-order valence-electron chi connectivity index (χ2n) is 6.86. The molecule has 0 saturated carbocycles. The van der Waals surface area contributed by atoms with E-state index in [2.05, 4.69) is 29.4 Å². The lowest BCUT2D eigenvalue weighted by atomic mass is 9.92. The van der Waals surface area contributed by atoms with Crippen LogP contribution in [0.15, 0.2) is 0 Å². The molecule has 3 atom stereocenters. The topological polar surface area (TPSA) is 61.4 Å². The van der Waals surface area contributed by atoms with Crippen LogP contribution in [0.1, 0.15) is 54.4 Å². The van der Waals surface area contributed by atoms with E-state index in [9.17, 15) is 9.59 Å². The second-order valence-corrected chi connectivity index (χ2v) is 6.86. The third-order valence-corrected chi connectivity index (χ3v) is 4.50. The maximum atomic E-state index is 12.4. The lowest BCUT2D eigenvalue weighted by molar-refractivity contribution is -0.131. The van der Waals surface area contributed by atoms with Crippen LogP contribution >= 0.6 is 0 Å². The number of amides is 2. The molecule has 0 bridgehead atoms. The summed E-state index contributed by atoms with van der Waals surface area (Å²) in [5.41, 5.74) is -0.590. The minimum atomic E-state index is -0.590. The summed E-state index contributed by atoms with van der Waals surface area (Å²) in [6.45, 7) is 12.9. The minimum absolute atomic E-state index is 0.00738. The molecule has 1 aliphatic rings. The molecule has 0 spiro atoms. The highest BCUT2D eigenvalue weighted by Gasteiger charge is 2.35. The van der Waals surface area contributed by atoms with E-state index < -0.39 is 5.41 Å². The quantitative estimate of drug-likeness (QED) is 0.781. The van der Waals surface area contributed by atoms with Crippen LogP contribution in [-0.4, -0.2) is 47.9 Å². The lowest BCUT2D eigenvalue weighted by Crippen LogP contribution is -2.52. The molecule has 122 valence electrons. The van der Waals surface area contributed by atoms with Gasteiger partial charge in [0.25, 0.3) is 0 Å². The summed E-state index contributed by atoms with van der Waals surface area (Å²) in [6, 6.07) is 0.733. The van der Waals surface area contributed by atoms with E-state index in [1.807, 2.05) is 27.7 Å². The van der Waals surface area contributed by atoms with Gasteiger partial charge in [-0.25, -0.2) is 0 Å². The van der Waals surface area contributed by atoms with Crippen LogP contribution in [0.25, 0.3) is 0 Å². The van der Waals surface area contributed by atoms with Crippen molar-refractivity contribution in [2.24, 2.45) is 5.41 Å². The fraction of sp³-hybridized carbons (Fsp3) is 0.875. The van der Waals surface area contributed by atoms with Crippen molar-refractivity contribution in [3.63, 3.8) is 0 Å². The van der Waals surface area contributed by atoms with E-state index in [1.54, 1.807) is 0 Å². The molecule has 0 aliphatic carbocycles. The van der Waals surface area contributed by atoms with Gasteiger partial charge in [0.1, 0.15) is 0 Å². The first-order chi connectivity index (χ1) is 9.70. The number of rotatable bonds is 6. The van der Waals surface area contributed by atoms with Crippen molar-refractivity contribution in [2.75, 3.05) is 13.1 Å². The molecule has 1 saturated heterocycles. The number of hydrogen-bond acceptors (Lipinski definition) is 3. The van der Waals surface area contributed by atoms with E-state index in [0.717, 1.165) is 12.8 Å². The van der Waals surface area contributed by atoms with Gasteiger partial charge in [0.05, 0.1) is 11.5 Å². The molecule has 3 unspecified atom stereocenters. The van der Waals surface area contributed by atoms with E-state index in [-0.39, 0.29) is 17.9 Å². The van der Waals surface area contributed by atoms with Gasteiger partial charge in [0.2, 0.25) is 11.8 Å². The van der Waals surface area contributed by atoms with Crippen molar-refractivity contribution in [3.05, 3.63) is 0 Å². The van der Waals surface area contributed by atoms with Crippen LogP contribution < -0.4 is 10.6 Å². The third kappa shape index (κ3) is 4.43. The molecule has 5 nitrogen and oxygen atoms in total. The summed E-state index contributed by atoms with van der Waals surface area (Å²) in [4.78, 5) is 26.6. The van der Waals surface area contributed by atoms with E-state index >= 15 is 0 Å². The molecule has 1 rings (SSSR count). The van der Waals surface area contributed by atoms with Gasteiger partial charge in [-0.05, 0) is 54.4 Å². The van der Waals surface area contributed by atoms with Crippen LogP contribution in [0.5, 0.6) is 0 Å². The van der Waals surface area contributed by atoms with Gasteiger partial charge in [-0.1, -0.05) is 0 Å². The van der Waals surface area contributed by atoms with E-state index in [1.165, 1.54) is 0 Å². The summed E-state index contributed by atoms with van der Waals surface area (Å²) < 4.78 is 0. The van der Waals surface area contributed by atoms with Gasteiger partial charge < -0.3 is 10.6 Å². The monoisotopic (exact) mass is 297 g/mol. The number of carbonyl (C=O) groups excluding carboxylic acids is 2. The Hall–Kier alpha value is -1.10. The molecular weight excluding hydrogens is 266 g/mol. The molecule has 0 aromatic heterocycles. The molecule has 0 aromatic rings. The molecule has 21 heavy (non-hydrogen) atoms. The number of carbonyl (C=O) groups is 2. The van der Waals surface area contributed by atoms with Crippen LogP contribution in [0.3, 0.4) is 0 Å². The normalized spacial score (nSPS) is 24.7. The fourth-order valence-electron chi connectivity index (χ4n) is 3.05. The largest absolute Gasteiger partial charge is 0.356 e. The number of likely N-dealkylation sites (tertiary alicyclic amines) is 1. The van der Waals surface area contributed by atoms with Crippen molar-refractivity contribution in [1.29, 1.82) is 0 Å². The van der Waals surface area contributed by atoms with Crippen molar-refractivity contribution < 1.29 is 9.59 Å². The average molecular weight is 297 g/mol. The highest BCUT2D eigenvalue weighted by molar-refractivity contribution is 5.85. The van der Waals surface area contributed by atoms with Gasteiger partial charge in [-0.2, -0.15) is 0 Å². The van der Waals surface area contributed by atoms with Crippen LogP contribution in [0, 0.1) is 5.41 Å². The first-order valence-electron chi connectivity index (χ1n) is 8.04. The Morgan fingerprint density at radius 2 is 1.71 bits per heavy atom. The molecule has 0 radical (unpaired) electrons. The van der Waals surface area contributed by atoms with E-state index in [4.69, 9.17) is 0 Å². The Morgan fingerprint density at radius 1 is 1.19 bits per heavy atom. The van der Waals surface area contributed by atoms with Gasteiger partial charge in [0, 0.05) is 25.2 Å². The molecule has 0 aromatic carbocycles. The van der Waals surface area contributed by atoms with Gasteiger partial charge in [0.15, 0.2) is 0 Å². The highest BCUT2D eigenvalue weighted by Crippen LogP contribution is 2.26. The number of nitrogens with one attached hydrogen (secondary N) is 2. The minimum Gasteiger partial charge on any atom is -0.356 e. The van der Waals surface area contributed by atoms with Gasteiger partial charge in [-0.15, -0.1) is 0 Å². The Kier molecular flexibility index (Phi) is 6.20. The van der Waals surface area contributed by atoms with Crippen LogP contribution in [-0.2, 0) is 9.59 Å². The molecule has 2 amide bonds. The molecule has 5 heteroatoms. The summed E-state index contributed by atoms with van der Waals surface area (Å²) in [5.74, 6) is -0.0196. The first kappa shape index (κ1) is 18.0. The Balaban J connectivity index is 2.55. The summed E-state index contributed by atoms with van der Waals surface area (Å²) in [6.07, 6.45) is 2.28. The van der Waals surface area contributed by atoms with Crippen molar-refractivity contribution >= 4 is 11.8 Å². The number of hydrogen-bond donors (Lipinski definition) is 2. The predicted molar refractivity (Wildman–Crippen MR) is 84.9 cm³/mol. The third-order valence-electron chi connectivity index (χ3n) is 4.50. The molecular formula is C16H31N3O2. The summed E-state index contributed by atoms with van der Waals surface area (Å²) >= 11 is 0. The Bertz CT molecular complexity index is 372. The first-order valence-corrected chi connectivity index (χ1v) is 8.04. The van der Waals surface area contributed by atoms with Crippen molar-refractivity contribution in [2.45, 2.75) is 72.5 Å². The van der Waals surface area contributed by atoms with Crippen molar-refractivity contribution in [3.8, 4) is 0 Å². The highest BCUT2D eigenvalue weighted by atomic mass is 16.2. The SMILES string of the molecule is CCNC(=O)C(C)(C)CNC(=O)C(C)N1C(C)CCC1C.